The van der Waals surface area contributed by atoms with Crippen LogP contribution in [0.1, 0.15) is 18.4 Å². The average Bonchev–Trinajstić information content (AvgIpc) is 2.55. The van der Waals surface area contributed by atoms with Crippen LogP contribution in [0.15, 0.2) is 18.2 Å². The van der Waals surface area contributed by atoms with Crippen LogP contribution in [0.3, 0.4) is 0 Å². The van der Waals surface area contributed by atoms with E-state index in [9.17, 15) is 13.2 Å². The van der Waals surface area contributed by atoms with Crippen LogP contribution in [-0.4, -0.2) is 15.7 Å². The lowest BCUT2D eigenvalue weighted by atomic mass is 10.2. The Morgan fingerprint density at radius 2 is 2.06 bits per heavy atom. The number of alkyl halides is 3. The lowest BCUT2D eigenvalue weighted by molar-refractivity contribution is -0.135. The Morgan fingerprint density at radius 1 is 1.33 bits per heavy atom. The summed E-state index contributed by atoms with van der Waals surface area (Å²) in [5, 5.41) is 0. The molecular formula is C12H13F3N2S. The standard InChI is InChI=1S/C12H13F3N2S/c1-8-4-2-5-9-10(8)17(11(18)16-9)7-3-6-12(13,14)15/h2,4-5H,3,6-7H2,1H3,(H,16,18). The summed E-state index contributed by atoms with van der Waals surface area (Å²) in [6.07, 6.45) is -4.85. The lowest BCUT2D eigenvalue weighted by Crippen LogP contribution is -2.09. The second kappa shape index (κ2) is 4.76. The Hall–Kier alpha value is -1.30. The van der Waals surface area contributed by atoms with Crippen molar-refractivity contribution < 1.29 is 13.2 Å². The molecule has 0 radical (unpaired) electrons. The molecule has 0 aliphatic rings. The largest absolute Gasteiger partial charge is 0.389 e. The van der Waals surface area contributed by atoms with Gasteiger partial charge in [0.15, 0.2) is 4.77 Å². The number of hydrogen-bond acceptors (Lipinski definition) is 1. The highest BCUT2D eigenvalue weighted by molar-refractivity contribution is 7.71. The van der Waals surface area contributed by atoms with Gasteiger partial charge in [-0.15, -0.1) is 0 Å². The van der Waals surface area contributed by atoms with Crippen LogP contribution in [0.4, 0.5) is 13.2 Å². The van der Waals surface area contributed by atoms with Gasteiger partial charge in [0.05, 0.1) is 11.0 Å². The minimum absolute atomic E-state index is 0.0408. The molecule has 0 saturated carbocycles. The highest BCUT2D eigenvalue weighted by atomic mass is 32.1. The maximum Gasteiger partial charge on any atom is 0.389 e. The van der Waals surface area contributed by atoms with Gasteiger partial charge in [-0.25, -0.2) is 0 Å². The maximum atomic E-state index is 12.1. The van der Waals surface area contributed by atoms with E-state index < -0.39 is 12.6 Å². The number of halogens is 3. The van der Waals surface area contributed by atoms with E-state index in [0.717, 1.165) is 16.6 Å². The molecule has 0 spiro atoms. The van der Waals surface area contributed by atoms with Crippen molar-refractivity contribution in [3.05, 3.63) is 28.5 Å². The molecule has 0 bridgehead atoms. The van der Waals surface area contributed by atoms with E-state index in [1.165, 1.54) is 0 Å². The van der Waals surface area contributed by atoms with Gasteiger partial charge in [0.25, 0.3) is 0 Å². The number of rotatable bonds is 3. The fraction of sp³-hybridized carbons (Fsp3) is 0.417. The highest BCUT2D eigenvalue weighted by Gasteiger charge is 2.26. The zero-order valence-corrected chi connectivity index (χ0v) is 10.7. The first-order chi connectivity index (χ1) is 8.38. The quantitative estimate of drug-likeness (QED) is 0.825. The first-order valence-electron chi connectivity index (χ1n) is 5.63. The summed E-state index contributed by atoms with van der Waals surface area (Å²) >= 11 is 5.15. The van der Waals surface area contributed by atoms with Gasteiger partial charge in [0, 0.05) is 13.0 Å². The number of para-hydroxylation sites is 1. The molecular weight excluding hydrogens is 261 g/mol. The molecule has 2 aromatic rings. The molecule has 0 aliphatic carbocycles. The van der Waals surface area contributed by atoms with E-state index in [-0.39, 0.29) is 13.0 Å². The smallest absolute Gasteiger partial charge is 0.331 e. The molecule has 1 aromatic heterocycles. The number of hydrogen-bond donors (Lipinski definition) is 1. The molecule has 1 aromatic carbocycles. The fourth-order valence-electron chi connectivity index (χ4n) is 2.05. The average molecular weight is 274 g/mol. The van der Waals surface area contributed by atoms with Crippen LogP contribution in [0.2, 0.25) is 0 Å². The number of aromatic amines is 1. The third-order valence-electron chi connectivity index (χ3n) is 2.84. The normalized spacial score (nSPS) is 12.2. The predicted octanol–water partition coefficient (Wildman–Crippen LogP) is 4.35. The number of aryl methyl sites for hydroxylation is 2. The maximum absolute atomic E-state index is 12.1. The van der Waals surface area contributed by atoms with E-state index in [0.29, 0.717) is 4.77 Å². The molecule has 0 amide bonds. The first kappa shape index (κ1) is 13.1. The van der Waals surface area contributed by atoms with Crippen LogP contribution < -0.4 is 0 Å². The molecule has 18 heavy (non-hydrogen) atoms. The molecule has 0 atom stereocenters. The van der Waals surface area contributed by atoms with Gasteiger partial charge < -0.3 is 9.55 Å². The van der Waals surface area contributed by atoms with E-state index in [1.54, 1.807) is 4.57 Å². The molecule has 98 valence electrons. The number of aromatic nitrogens is 2. The van der Waals surface area contributed by atoms with Crippen molar-refractivity contribution in [3.8, 4) is 0 Å². The fourth-order valence-corrected chi connectivity index (χ4v) is 2.35. The van der Waals surface area contributed by atoms with E-state index in [4.69, 9.17) is 12.2 Å². The number of nitrogens with zero attached hydrogens (tertiary/aromatic N) is 1. The monoisotopic (exact) mass is 274 g/mol. The number of nitrogens with one attached hydrogen (secondary N) is 1. The summed E-state index contributed by atoms with van der Waals surface area (Å²) in [6, 6.07) is 5.69. The van der Waals surface area contributed by atoms with Gasteiger partial charge >= 0.3 is 6.18 Å². The van der Waals surface area contributed by atoms with Crippen LogP contribution in [-0.2, 0) is 6.54 Å². The third kappa shape index (κ3) is 2.75. The summed E-state index contributed by atoms with van der Waals surface area (Å²) in [4.78, 5) is 3.01. The van der Waals surface area contributed by atoms with Gasteiger partial charge in [0.1, 0.15) is 0 Å². The van der Waals surface area contributed by atoms with Crippen LogP contribution in [0.5, 0.6) is 0 Å². The van der Waals surface area contributed by atoms with Crippen molar-refractivity contribution in [2.24, 2.45) is 0 Å². The van der Waals surface area contributed by atoms with Gasteiger partial charge in [-0.1, -0.05) is 12.1 Å². The number of H-pyrrole nitrogens is 1. The van der Waals surface area contributed by atoms with E-state index in [2.05, 4.69) is 4.98 Å². The minimum Gasteiger partial charge on any atom is -0.331 e. The Balaban J connectivity index is 2.28. The molecule has 1 N–H and O–H groups in total. The van der Waals surface area contributed by atoms with Gasteiger partial charge in [0.2, 0.25) is 0 Å². The van der Waals surface area contributed by atoms with Crippen LogP contribution >= 0.6 is 12.2 Å². The highest BCUT2D eigenvalue weighted by Crippen LogP contribution is 2.23. The lowest BCUT2D eigenvalue weighted by Gasteiger charge is -2.08. The molecule has 0 saturated heterocycles. The first-order valence-corrected chi connectivity index (χ1v) is 6.04. The molecule has 2 nitrogen and oxygen atoms in total. The van der Waals surface area contributed by atoms with Crippen molar-refractivity contribution in [2.45, 2.75) is 32.5 Å². The number of fused-ring (bicyclic) bond motifs is 1. The van der Waals surface area contributed by atoms with Crippen molar-refractivity contribution in [2.75, 3.05) is 0 Å². The van der Waals surface area contributed by atoms with Crippen molar-refractivity contribution in [1.82, 2.24) is 9.55 Å². The predicted molar refractivity (Wildman–Crippen MR) is 67.1 cm³/mol. The van der Waals surface area contributed by atoms with Gasteiger partial charge in [-0.2, -0.15) is 13.2 Å². The summed E-state index contributed by atoms with van der Waals surface area (Å²) in [5.74, 6) is 0. The van der Waals surface area contributed by atoms with Crippen molar-refractivity contribution in [1.29, 1.82) is 0 Å². The Kier molecular flexibility index (Phi) is 3.47. The van der Waals surface area contributed by atoms with Crippen molar-refractivity contribution >= 4 is 23.3 Å². The minimum atomic E-state index is -4.11. The summed E-state index contributed by atoms with van der Waals surface area (Å²) < 4.78 is 38.6. The molecule has 0 aliphatic heterocycles. The number of benzene rings is 1. The molecule has 6 heteroatoms. The Bertz CT molecular complexity index is 610. The zero-order chi connectivity index (χ0) is 13.3. The van der Waals surface area contributed by atoms with Crippen LogP contribution in [0.25, 0.3) is 11.0 Å². The Morgan fingerprint density at radius 3 is 2.72 bits per heavy atom. The third-order valence-corrected chi connectivity index (χ3v) is 3.16. The molecule has 0 fully saturated rings. The summed E-state index contributed by atoms with van der Waals surface area (Å²) in [7, 11) is 0. The van der Waals surface area contributed by atoms with Crippen LogP contribution in [0, 0.1) is 11.7 Å². The van der Waals surface area contributed by atoms with E-state index >= 15 is 0 Å². The SMILES string of the molecule is Cc1cccc2[nH]c(=S)n(CCCC(F)(F)F)c12. The second-order valence-corrected chi connectivity index (χ2v) is 4.66. The topological polar surface area (TPSA) is 20.7 Å². The molecule has 0 unspecified atom stereocenters. The second-order valence-electron chi connectivity index (χ2n) is 4.27. The summed E-state index contributed by atoms with van der Waals surface area (Å²) in [5.41, 5.74) is 2.77. The van der Waals surface area contributed by atoms with Gasteiger partial charge in [-0.05, 0) is 37.2 Å². The molecule has 2 rings (SSSR count). The van der Waals surface area contributed by atoms with Gasteiger partial charge in [-0.3, -0.25) is 0 Å². The summed E-state index contributed by atoms with van der Waals surface area (Å²) in [6.45, 7) is 2.20. The van der Waals surface area contributed by atoms with E-state index in [1.807, 2.05) is 25.1 Å². The van der Waals surface area contributed by atoms with Crippen molar-refractivity contribution in [3.63, 3.8) is 0 Å². The number of imidazole rings is 1. The Labute approximate surface area is 107 Å². The zero-order valence-electron chi connectivity index (χ0n) is 9.84. The molecule has 1 heterocycles.